The lowest BCUT2D eigenvalue weighted by Crippen LogP contribution is -2.47. The van der Waals surface area contributed by atoms with Crippen molar-refractivity contribution < 1.29 is 9.59 Å². The normalized spacial score (nSPS) is 17.9. The van der Waals surface area contributed by atoms with Crippen molar-refractivity contribution in [3.8, 4) is 11.3 Å². The van der Waals surface area contributed by atoms with E-state index < -0.39 is 0 Å². The topological polar surface area (TPSA) is 67.2 Å². The van der Waals surface area contributed by atoms with Crippen LogP contribution in [0.2, 0.25) is 5.02 Å². The number of carbonyl (C=O) groups is 2. The number of hydrogen-bond donors (Lipinski definition) is 1. The van der Waals surface area contributed by atoms with Crippen LogP contribution in [0, 0.1) is 0 Å². The molecule has 1 saturated carbocycles. The summed E-state index contributed by atoms with van der Waals surface area (Å²) in [5.41, 5.74) is 2.18. The van der Waals surface area contributed by atoms with Gasteiger partial charge < -0.3 is 10.2 Å². The number of benzene rings is 1. The molecule has 2 heterocycles. The van der Waals surface area contributed by atoms with Crippen LogP contribution in [-0.2, 0) is 11.3 Å². The highest BCUT2D eigenvalue weighted by Gasteiger charge is 2.28. The monoisotopic (exact) mass is 400 g/mol. The van der Waals surface area contributed by atoms with Gasteiger partial charge in [0.05, 0.1) is 18.8 Å². The van der Waals surface area contributed by atoms with Gasteiger partial charge in [0.1, 0.15) is 5.69 Å². The van der Waals surface area contributed by atoms with E-state index in [1.165, 1.54) is 25.7 Å². The minimum atomic E-state index is -0.144. The van der Waals surface area contributed by atoms with Gasteiger partial charge in [0.2, 0.25) is 5.91 Å². The fourth-order valence-corrected chi connectivity index (χ4v) is 4.15. The van der Waals surface area contributed by atoms with Gasteiger partial charge in [-0.05, 0) is 31.0 Å². The molecule has 2 amide bonds. The van der Waals surface area contributed by atoms with Crippen molar-refractivity contribution in [1.29, 1.82) is 0 Å². The molecule has 1 N–H and O–H groups in total. The molecule has 1 fully saturated rings. The number of hydrogen-bond acceptors (Lipinski definition) is 3. The third-order valence-corrected chi connectivity index (χ3v) is 5.81. The van der Waals surface area contributed by atoms with Crippen LogP contribution in [0.1, 0.15) is 49.0 Å². The summed E-state index contributed by atoms with van der Waals surface area (Å²) in [5, 5.41) is 8.33. The first-order valence-corrected chi connectivity index (χ1v) is 10.4. The van der Waals surface area contributed by atoms with Gasteiger partial charge in [-0.15, -0.1) is 0 Å². The minimum absolute atomic E-state index is 0.0638. The van der Waals surface area contributed by atoms with Gasteiger partial charge in [-0.2, -0.15) is 5.10 Å². The zero-order valence-electron chi connectivity index (χ0n) is 15.9. The molecule has 6 nitrogen and oxygen atoms in total. The van der Waals surface area contributed by atoms with Crippen molar-refractivity contribution in [2.45, 2.75) is 51.1 Å². The van der Waals surface area contributed by atoms with Crippen molar-refractivity contribution in [3.05, 3.63) is 41.0 Å². The van der Waals surface area contributed by atoms with E-state index in [2.05, 4.69) is 10.4 Å². The number of carbonyl (C=O) groups excluding carboxylic acids is 2. The maximum Gasteiger partial charge on any atom is 0.272 e. The van der Waals surface area contributed by atoms with Gasteiger partial charge in [-0.25, -0.2) is 0 Å². The summed E-state index contributed by atoms with van der Waals surface area (Å²) in [7, 11) is 0. The summed E-state index contributed by atoms with van der Waals surface area (Å²) in [6, 6.07) is 9.43. The molecule has 1 aliphatic heterocycles. The van der Waals surface area contributed by atoms with Crippen LogP contribution in [0.15, 0.2) is 30.3 Å². The van der Waals surface area contributed by atoms with Crippen LogP contribution in [0.4, 0.5) is 0 Å². The van der Waals surface area contributed by atoms with E-state index in [-0.39, 0.29) is 24.4 Å². The quantitative estimate of drug-likeness (QED) is 0.798. The fourth-order valence-electron chi connectivity index (χ4n) is 4.02. The Bertz CT molecular complexity index is 854. The number of aromatic nitrogens is 2. The van der Waals surface area contributed by atoms with Crippen molar-refractivity contribution in [2.75, 3.05) is 13.1 Å². The molecule has 1 aromatic carbocycles. The Balaban J connectivity index is 1.41. The van der Waals surface area contributed by atoms with Crippen LogP contribution >= 0.6 is 11.6 Å². The second-order valence-corrected chi connectivity index (χ2v) is 8.06. The lowest BCUT2D eigenvalue weighted by molar-refractivity contribution is -0.122. The van der Waals surface area contributed by atoms with Crippen LogP contribution in [0.25, 0.3) is 11.3 Å². The molecule has 2 aromatic rings. The van der Waals surface area contributed by atoms with Gasteiger partial charge >= 0.3 is 0 Å². The SMILES string of the molecule is O=C(CN1CCn2nc(-c3ccc(Cl)cc3)cc2C1=O)NC1CCCCCC1. The van der Waals surface area contributed by atoms with E-state index in [0.717, 1.165) is 24.1 Å². The van der Waals surface area contributed by atoms with Crippen molar-refractivity contribution in [1.82, 2.24) is 20.0 Å². The third-order valence-electron chi connectivity index (χ3n) is 5.56. The van der Waals surface area contributed by atoms with E-state index in [1.807, 2.05) is 12.1 Å². The molecule has 1 aromatic heterocycles. The zero-order chi connectivity index (χ0) is 19.5. The van der Waals surface area contributed by atoms with E-state index >= 15 is 0 Å². The van der Waals surface area contributed by atoms with Gasteiger partial charge in [0.25, 0.3) is 5.91 Å². The highest BCUT2D eigenvalue weighted by atomic mass is 35.5. The second-order valence-electron chi connectivity index (χ2n) is 7.63. The van der Waals surface area contributed by atoms with E-state index in [0.29, 0.717) is 23.8 Å². The molecule has 0 spiro atoms. The Labute approximate surface area is 169 Å². The molecule has 0 atom stereocenters. The first-order chi connectivity index (χ1) is 13.6. The van der Waals surface area contributed by atoms with Crippen LogP contribution in [0.5, 0.6) is 0 Å². The molecular formula is C21H25ClN4O2. The lowest BCUT2D eigenvalue weighted by atomic mass is 10.1. The molecule has 1 aliphatic carbocycles. The van der Waals surface area contributed by atoms with E-state index in [1.54, 1.807) is 27.8 Å². The summed E-state index contributed by atoms with van der Waals surface area (Å²) in [5.74, 6) is -0.207. The van der Waals surface area contributed by atoms with Gasteiger partial charge in [0.15, 0.2) is 0 Å². The second kappa shape index (κ2) is 8.35. The summed E-state index contributed by atoms with van der Waals surface area (Å²) in [4.78, 5) is 26.9. The van der Waals surface area contributed by atoms with E-state index in [9.17, 15) is 9.59 Å². The molecule has 28 heavy (non-hydrogen) atoms. The molecule has 0 unspecified atom stereocenters. The smallest absolute Gasteiger partial charge is 0.272 e. The number of fused-ring (bicyclic) bond motifs is 1. The first-order valence-electron chi connectivity index (χ1n) is 10.0. The van der Waals surface area contributed by atoms with Gasteiger partial charge in [0, 0.05) is 23.2 Å². The molecule has 0 saturated heterocycles. The Hall–Kier alpha value is -2.34. The number of amides is 2. The Morgan fingerprint density at radius 1 is 1.11 bits per heavy atom. The Morgan fingerprint density at radius 2 is 1.82 bits per heavy atom. The average molecular weight is 401 g/mol. The van der Waals surface area contributed by atoms with E-state index in [4.69, 9.17) is 11.6 Å². The molecule has 0 radical (unpaired) electrons. The minimum Gasteiger partial charge on any atom is -0.352 e. The highest BCUT2D eigenvalue weighted by Crippen LogP contribution is 2.24. The van der Waals surface area contributed by atoms with Crippen LogP contribution in [-0.4, -0.2) is 45.6 Å². The summed E-state index contributed by atoms with van der Waals surface area (Å²) >= 11 is 5.95. The largest absolute Gasteiger partial charge is 0.352 e. The molecule has 2 aliphatic rings. The Morgan fingerprint density at radius 3 is 2.54 bits per heavy atom. The molecule has 148 valence electrons. The summed E-state index contributed by atoms with van der Waals surface area (Å²) in [6.07, 6.45) is 6.90. The molecule has 4 rings (SSSR count). The highest BCUT2D eigenvalue weighted by molar-refractivity contribution is 6.30. The Kier molecular flexibility index (Phi) is 5.67. The van der Waals surface area contributed by atoms with Crippen LogP contribution in [0.3, 0.4) is 0 Å². The maximum absolute atomic E-state index is 12.9. The van der Waals surface area contributed by atoms with Gasteiger partial charge in [-0.1, -0.05) is 49.4 Å². The number of nitrogens with zero attached hydrogens (tertiary/aromatic N) is 3. The number of rotatable bonds is 4. The predicted molar refractivity (Wildman–Crippen MR) is 108 cm³/mol. The standard InChI is InChI=1S/C21H25ClN4O2/c22-16-9-7-15(8-10-16)18-13-19-21(28)25(11-12-26(19)24-18)14-20(27)23-17-5-3-1-2-4-6-17/h7-10,13,17H,1-6,11-12,14H2,(H,23,27). The summed E-state index contributed by atoms with van der Waals surface area (Å²) in [6.45, 7) is 1.19. The lowest BCUT2D eigenvalue weighted by Gasteiger charge is -2.27. The van der Waals surface area contributed by atoms with Crippen molar-refractivity contribution in [3.63, 3.8) is 0 Å². The van der Waals surface area contributed by atoms with Crippen molar-refractivity contribution >= 4 is 23.4 Å². The number of nitrogens with one attached hydrogen (secondary N) is 1. The fraction of sp³-hybridized carbons (Fsp3) is 0.476. The molecule has 7 heteroatoms. The predicted octanol–water partition coefficient (Wildman–Crippen LogP) is 3.50. The molecular weight excluding hydrogens is 376 g/mol. The van der Waals surface area contributed by atoms with Gasteiger partial charge in [-0.3, -0.25) is 14.3 Å². The van der Waals surface area contributed by atoms with Crippen molar-refractivity contribution in [2.24, 2.45) is 0 Å². The van der Waals surface area contributed by atoms with Crippen LogP contribution < -0.4 is 5.32 Å². The maximum atomic E-state index is 12.9. The zero-order valence-corrected chi connectivity index (χ0v) is 16.6. The number of halogens is 1. The average Bonchev–Trinajstić information content (AvgIpc) is 2.96. The third kappa shape index (κ3) is 4.22. The molecule has 0 bridgehead atoms. The summed E-state index contributed by atoms with van der Waals surface area (Å²) < 4.78 is 1.73. The first kappa shape index (κ1) is 19.0.